The molecule has 0 spiro atoms. The number of hydrogen-bond donors (Lipinski definition) is 0. The highest BCUT2D eigenvalue weighted by atomic mass is 79.9. The average Bonchev–Trinajstić information content (AvgIpc) is 2.36. The number of thioether (sulfide) groups is 1. The number of rotatable bonds is 3. The second kappa shape index (κ2) is 5.86. The van der Waals surface area contributed by atoms with Gasteiger partial charge >= 0.3 is 5.56 Å². The minimum atomic E-state index is -0.355. The number of aromatic nitrogens is 3. The maximum Gasteiger partial charge on any atom is 0.307 e. The first-order valence-electron chi connectivity index (χ1n) is 5.03. The van der Waals surface area contributed by atoms with Gasteiger partial charge in [-0.05, 0) is 39.9 Å². The Morgan fingerprint density at radius 2 is 2.06 bits per heavy atom. The molecule has 4 nitrogen and oxygen atoms in total. The van der Waals surface area contributed by atoms with Crippen molar-refractivity contribution in [2.24, 2.45) is 0 Å². The van der Waals surface area contributed by atoms with Crippen LogP contribution in [0.4, 0.5) is 0 Å². The summed E-state index contributed by atoms with van der Waals surface area (Å²) in [5.41, 5.74) is 0.686. The minimum absolute atomic E-state index is 0.217. The molecule has 0 saturated heterocycles. The second-order valence-corrected chi connectivity index (χ2v) is 5.44. The molecule has 0 fully saturated rings. The van der Waals surface area contributed by atoms with E-state index in [2.05, 4.69) is 26.0 Å². The van der Waals surface area contributed by atoms with Gasteiger partial charge in [0.05, 0.1) is 6.54 Å². The summed E-state index contributed by atoms with van der Waals surface area (Å²) in [5.74, 6) is 0. The summed E-state index contributed by atoms with van der Waals surface area (Å²) in [6, 6.07) is 7.47. The third kappa shape index (κ3) is 3.13. The van der Waals surface area contributed by atoms with E-state index in [1.165, 1.54) is 11.8 Å². The summed E-state index contributed by atoms with van der Waals surface area (Å²) in [6.45, 7) is 0.541. The maximum atomic E-state index is 11.4. The zero-order valence-corrected chi connectivity index (χ0v) is 12.6. The van der Waals surface area contributed by atoms with E-state index in [-0.39, 0.29) is 10.2 Å². The molecule has 0 atom stereocenters. The number of benzene rings is 1. The smallest absolute Gasteiger partial charge is 0.264 e. The van der Waals surface area contributed by atoms with Crippen LogP contribution in [-0.2, 0) is 6.54 Å². The molecule has 1 aromatic carbocycles. The molecular weight excluding hydrogens is 338 g/mol. The molecule has 2 aromatic rings. The lowest BCUT2D eigenvalue weighted by atomic mass is 10.2. The van der Waals surface area contributed by atoms with E-state index in [9.17, 15) is 4.79 Å². The Bertz CT molecular complexity index is 615. The molecule has 0 saturated carbocycles. The van der Waals surface area contributed by atoms with Crippen molar-refractivity contribution in [2.75, 3.05) is 6.26 Å². The van der Waals surface area contributed by atoms with Gasteiger partial charge in [0.2, 0.25) is 0 Å². The van der Waals surface area contributed by atoms with Crippen LogP contribution in [0.2, 0.25) is 5.02 Å². The van der Waals surface area contributed by atoms with Gasteiger partial charge in [-0.2, -0.15) is 10.1 Å². The summed E-state index contributed by atoms with van der Waals surface area (Å²) in [5, 5.41) is 5.44. The molecule has 0 N–H and O–H groups in total. The van der Waals surface area contributed by atoms with Crippen LogP contribution in [0.15, 0.2) is 38.8 Å². The predicted octanol–water partition coefficient (Wildman–Crippen LogP) is 2.82. The lowest BCUT2D eigenvalue weighted by Crippen LogP contribution is -2.19. The van der Waals surface area contributed by atoms with E-state index in [4.69, 9.17) is 11.6 Å². The average molecular weight is 347 g/mol. The Morgan fingerprint density at radius 3 is 2.67 bits per heavy atom. The molecule has 0 radical (unpaired) electrons. The summed E-state index contributed by atoms with van der Waals surface area (Å²) in [6.07, 6.45) is 1.86. The quantitative estimate of drug-likeness (QED) is 0.802. The SMILES string of the molecule is CSc1nc(=O)c(Br)nn1Cc1ccc(Cl)cc1. The highest BCUT2D eigenvalue weighted by Gasteiger charge is 2.08. The van der Waals surface area contributed by atoms with Crippen LogP contribution in [0.1, 0.15) is 5.56 Å². The number of halogens is 2. The van der Waals surface area contributed by atoms with Crippen molar-refractivity contribution in [1.29, 1.82) is 0 Å². The number of hydrogen-bond acceptors (Lipinski definition) is 4. The fraction of sp³-hybridized carbons (Fsp3) is 0.182. The van der Waals surface area contributed by atoms with Gasteiger partial charge in [0.1, 0.15) is 0 Å². The normalized spacial score (nSPS) is 10.6. The highest BCUT2D eigenvalue weighted by Crippen LogP contribution is 2.14. The molecule has 94 valence electrons. The van der Waals surface area contributed by atoms with E-state index >= 15 is 0 Å². The Morgan fingerprint density at radius 1 is 1.39 bits per heavy atom. The standard InChI is InChI=1S/C11H9BrClN3OS/c1-18-11-14-10(17)9(12)15-16(11)6-7-2-4-8(13)5-3-7/h2-5H,6H2,1H3. The van der Waals surface area contributed by atoms with Gasteiger partial charge in [-0.1, -0.05) is 35.5 Å². The van der Waals surface area contributed by atoms with Crippen LogP contribution in [0, 0.1) is 0 Å². The van der Waals surface area contributed by atoms with Gasteiger partial charge in [-0.25, -0.2) is 4.68 Å². The molecule has 0 bridgehead atoms. The van der Waals surface area contributed by atoms with Gasteiger partial charge in [0, 0.05) is 5.02 Å². The summed E-state index contributed by atoms with van der Waals surface area (Å²) >= 11 is 10.3. The third-order valence-electron chi connectivity index (χ3n) is 2.23. The Hall–Kier alpha value is -0.850. The zero-order chi connectivity index (χ0) is 13.1. The van der Waals surface area contributed by atoms with E-state index in [1.807, 2.05) is 30.5 Å². The van der Waals surface area contributed by atoms with Crippen molar-refractivity contribution >= 4 is 39.3 Å². The van der Waals surface area contributed by atoms with Crippen molar-refractivity contribution in [1.82, 2.24) is 14.8 Å². The van der Waals surface area contributed by atoms with Gasteiger partial charge in [0.25, 0.3) is 0 Å². The summed E-state index contributed by atoms with van der Waals surface area (Å²) in [7, 11) is 0. The van der Waals surface area contributed by atoms with Crippen molar-refractivity contribution in [3.63, 3.8) is 0 Å². The molecule has 1 aromatic heterocycles. The Labute approximate surface area is 122 Å². The van der Waals surface area contributed by atoms with E-state index < -0.39 is 0 Å². The maximum absolute atomic E-state index is 11.4. The van der Waals surface area contributed by atoms with Gasteiger partial charge in [-0.15, -0.1) is 0 Å². The molecule has 2 rings (SSSR count). The zero-order valence-electron chi connectivity index (χ0n) is 9.43. The van der Waals surface area contributed by atoms with Crippen LogP contribution in [0.3, 0.4) is 0 Å². The molecular formula is C11H9BrClN3OS. The Kier molecular flexibility index (Phi) is 4.42. The fourth-order valence-corrected chi connectivity index (χ4v) is 2.30. The largest absolute Gasteiger partial charge is 0.307 e. The fourth-order valence-electron chi connectivity index (χ4n) is 1.40. The van der Waals surface area contributed by atoms with E-state index in [1.54, 1.807) is 4.68 Å². The first-order valence-corrected chi connectivity index (χ1v) is 7.43. The topological polar surface area (TPSA) is 47.8 Å². The van der Waals surface area contributed by atoms with E-state index in [0.717, 1.165) is 5.56 Å². The molecule has 1 heterocycles. The van der Waals surface area contributed by atoms with E-state index in [0.29, 0.717) is 16.7 Å². The van der Waals surface area contributed by atoms with Crippen LogP contribution in [0.25, 0.3) is 0 Å². The van der Waals surface area contributed by atoms with Crippen LogP contribution in [0.5, 0.6) is 0 Å². The molecule has 0 amide bonds. The van der Waals surface area contributed by atoms with Crippen LogP contribution < -0.4 is 5.56 Å². The monoisotopic (exact) mass is 345 g/mol. The van der Waals surface area contributed by atoms with Gasteiger partial charge < -0.3 is 0 Å². The van der Waals surface area contributed by atoms with Crippen LogP contribution >= 0.6 is 39.3 Å². The summed E-state index contributed by atoms with van der Waals surface area (Å²) < 4.78 is 1.90. The summed E-state index contributed by atoms with van der Waals surface area (Å²) in [4.78, 5) is 15.3. The van der Waals surface area contributed by atoms with Crippen molar-refractivity contribution in [2.45, 2.75) is 11.7 Å². The van der Waals surface area contributed by atoms with Gasteiger partial charge in [0.15, 0.2) is 9.76 Å². The second-order valence-electron chi connectivity index (χ2n) is 3.48. The van der Waals surface area contributed by atoms with Gasteiger partial charge in [-0.3, -0.25) is 4.79 Å². The molecule has 0 aliphatic rings. The van der Waals surface area contributed by atoms with Crippen molar-refractivity contribution < 1.29 is 0 Å². The molecule has 0 unspecified atom stereocenters. The molecule has 0 aliphatic carbocycles. The molecule has 0 aliphatic heterocycles. The van der Waals surface area contributed by atoms with Crippen molar-refractivity contribution in [3.8, 4) is 0 Å². The Balaban J connectivity index is 2.36. The number of nitrogens with zero attached hydrogens (tertiary/aromatic N) is 3. The minimum Gasteiger partial charge on any atom is -0.264 e. The first kappa shape index (κ1) is 13.6. The third-order valence-corrected chi connectivity index (χ3v) is 3.65. The highest BCUT2D eigenvalue weighted by molar-refractivity contribution is 9.10. The lowest BCUT2D eigenvalue weighted by Gasteiger charge is -2.09. The van der Waals surface area contributed by atoms with Crippen molar-refractivity contribution in [3.05, 3.63) is 49.8 Å². The first-order chi connectivity index (χ1) is 8.60. The van der Waals surface area contributed by atoms with Crippen LogP contribution in [-0.4, -0.2) is 21.0 Å². The molecule has 18 heavy (non-hydrogen) atoms. The predicted molar refractivity (Wildman–Crippen MR) is 76.3 cm³/mol. The molecule has 7 heteroatoms. The lowest BCUT2D eigenvalue weighted by molar-refractivity contribution is 0.553.